The Balaban J connectivity index is 1.86. The van der Waals surface area contributed by atoms with E-state index in [1.807, 2.05) is 6.07 Å². The monoisotopic (exact) mass is 393 g/mol. The van der Waals surface area contributed by atoms with Crippen LogP contribution in [0.4, 0.5) is 5.82 Å². The third kappa shape index (κ3) is 4.56. The predicted octanol–water partition coefficient (Wildman–Crippen LogP) is 0.218. The third-order valence-corrected chi connectivity index (χ3v) is 4.13. The van der Waals surface area contributed by atoms with Crippen molar-refractivity contribution in [3.05, 3.63) is 60.7 Å². The van der Waals surface area contributed by atoms with Gasteiger partial charge in [0.05, 0.1) is 11.0 Å². The van der Waals surface area contributed by atoms with Crippen LogP contribution in [0.2, 0.25) is 0 Å². The average molecular weight is 393 g/mol. The Morgan fingerprint density at radius 1 is 1.24 bits per heavy atom. The van der Waals surface area contributed by atoms with E-state index in [1.54, 1.807) is 30.6 Å². The van der Waals surface area contributed by atoms with Crippen LogP contribution in [0, 0.1) is 0 Å². The highest BCUT2D eigenvalue weighted by molar-refractivity contribution is 6.45. The van der Waals surface area contributed by atoms with Gasteiger partial charge < -0.3 is 26.8 Å². The summed E-state index contributed by atoms with van der Waals surface area (Å²) in [6, 6.07) is 5.66. The maximum Gasteiger partial charge on any atom is 0.287 e. The van der Waals surface area contributed by atoms with Gasteiger partial charge in [-0.15, -0.1) is 0 Å². The fourth-order valence-electron chi connectivity index (χ4n) is 2.78. The molecule has 148 valence electrons. The van der Waals surface area contributed by atoms with E-state index in [-0.39, 0.29) is 18.0 Å². The van der Waals surface area contributed by atoms with Gasteiger partial charge in [-0.1, -0.05) is 6.07 Å². The van der Waals surface area contributed by atoms with E-state index in [0.29, 0.717) is 5.56 Å². The molecule has 3 aromatic rings. The van der Waals surface area contributed by atoms with Crippen molar-refractivity contribution in [3.8, 4) is 0 Å². The standard InChI is InChI=1S/C19H19N7O3/c20-6-4-13(25-15-3-1-2-7-22-15)19(29)26-14(17(27)18(21)28)9-11-10-24-12-5-8-23-16(11)12/h1-8,10,14,23-24H,9,20H2,(H2,21,28)(H,26,29)/b6-4-,25-13-. The van der Waals surface area contributed by atoms with Crippen molar-refractivity contribution in [3.63, 3.8) is 0 Å². The van der Waals surface area contributed by atoms with Gasteiger partial charge in [0, 0.05) is 25.0 Å². The molecule has 0 radical (unpaired) electrons. The summed E-state index contributed by atoms with van der Waals surface area (Å²) in [6.45, 7) is 0. The maximum absolute atomic E-state index is 12.7. The number of aliphatic imine (C=N–C) groups is 1. The minimum absolute atomic E-state index is 0.0528. The average Bonchev–Trinajstić information content (AvgIpc) is 3.32. The van der Waals surface area contributed by atoms with Crippen LogP contribution in [-0.4, -0.2) is 44.3 Å². The molecule has 1 atom stereocenters. The second-order valence-electron chi connectivity index (χ2n) is 6.08. The SMILES string of the molecule is N/C=C\C(=N\c1ccccn1)C(=O)NC(Cc1c[nH]c2cc[nH]c12)C(=O)C(N)=O. The number of nitrogens with two attached hydrogens (primary N) is 2. The Morgan fingerprint density at radius 3 is 2.76 bits per heavy atom. The molecule has 0 aliphatic heterocycles. The van der Waals surface area contributed by atoms with Crippen molar-refractivity contribution in [2.45, 2.75) is 12.5 Å². The molecule has 0 saturated carbocycles. The van der Waals surface area contributed by atoms with Crippen LogP contribution in [-0.2, 0) is 20.8 Å². The number of pyridine rings is 1. The molecule has 2 amide bonds. The molecular weight excluding hydrogens is 374 g/mol. The fraction of sp³-hybridized carbons (Fsp3) is 0.105. The summed E-state index contributed by atoms with van der Waals surface area (Å²) in [6.07, 6.45) is 7.41. The Labute approximate surface area is 165 Å². The van der Waals surface area contributed by atoms with Crippen molar-refractivity contribution in [2.24, 2.45) is 16.5 Å². The molecule has 0 aliphatic rings. The summed E-state index contributed by atoms with van der Waals surface area (Å²) in [5.41, 5.74) is 12.8. The van der Waals surface area contributed by atoms with Gasteiger partial charge in [-0.05, 0) is 36.0 Å². The molecule has 3 rings (SSSR count). The van der Waals surface area contributed by atoms with Gasteiger partial charge in [-0.2, -0.15) is 0 Å². The van der Waals surface area contributed by atoms with Crippen LogP contribution >= 0.6 is 0 Å². The number of amides is 2. The lowest BCUT2D eigenvalue weighted by Gasteiger charge is -2.16. The first-order chi connectivity index (χ1) is 14.0. The van der Waals surface area contributed by atoms with Gasteiger partial charge in [0.25, 0.3) is 11.8 Å². The van der Waals surface area contributed by atoms with E-state index in [2.05, 4.69) is 25.3 Å². The van der Waals surface area contributed by atoms with Crippen LogP contribution in [0.25, 0.3) is 11.0 Å². The van der Waals surface area contributed by atoms with Crippen LogP contribution in [0.15, 0.2) is 60.1 Å². The van der Waals surface area contributed by atoms with E-state index >= 15 is 0 Å². The number of nitrogens with one attached hydrogen (secondary N) is 3. The lowest BCUT2D eigenvalue weighted by atomic mass is 10.0. The first-order valence-electron chi connectivity index (χ1n) is 8.65. The Kier molecular flexibility index (Phi) is 5.83. The molecule has 10 nitrogen and oxygen atoms in total. The molecule has 3 aromatic heterocycles. The van der Waals surface area contributed by atoms with E-state index in [4.69, 9.17) is 11.5 Å². The molecule has 7 N–H and O–H groups in total. The van der Waals surface area contributed by atoms with Gasteiger partial charge >= 0.3 is 0 Å². The normalized spacial score (nSPS) is 12.9. The van der Waals surface area contributed by atoms with Gasteiger partial charge in [-0.3, -0.25) is 14.4 Å². The molecule has 3 heterocycles. The number of primary amides is 1. The number of fused-ring (bicyclic) bond motifs is 1. The number of carbonyl (C=O) groups is 3. The second kappa shape index (κ2) is 8.65. The molecular formula is C19H19N7O3. The van der Waals surface area contributed by atoms with Crippen molar-refractivity contribution in [1.82, 2.24) is 20.3 Å². The summed E-state index contributed by atoms with van der Waals surface area (Å²) in [7, 11) is 0. The van der Waals surface area contributed by atoms with Gasteiger partial charge in [0.1, 0.15) is 11.8 Å². The molecule has 0 spiro atoms. The predicted molar refractivity (Wildman–Crippen MR) is 107 cm³/mol. The highest BCUT2D eigenvalue weighted by atomic mass is 16.2. The zero-order valence-corrected chi connectivity index (χ0v) is 15.3. The first-order valence-corrected chi connectivity index (χ1v) is 8.65. The topological polar surface area (TPSA) is 172 Å². The number of ketones is 1. The molecule has 0 aromatic carbocycles. The summed E-state index contributed by atoms with van der Waals surface area (Å²) in [4.78, 5) is 50.7. The third-order valence-electron chi connectivity index (χ3n) is 4.13. The minimum Gasteiger partial charge on any atom is -0.405 e. The van der Waals surface area contributed by atoms with E-state index in [0.717, 1.165) is 17.2 Å². The summed E-state index contributed by atoms with van der Waals surface area (Å²) in [5, 5.41) is 2.52. The number of hydrogen-bond donors (Lipinski definition) is 5. The lowest BCUT2D eigenvalue weighted by molar-refractivity contribution is -0.137. The minimum atomic E-state index is -1.18. The molecule has 0 fully saturated rings. The fourth-order valence-corrected chi connectivity index (χ4v) is 2.78. The second-order valence-corrected chi connectivity index (χ2v) is 6.08. The van der Waals surface area contributed by atoms with Crippen molar-refractivity contribution < 1.29 is 14.4 Å². The Hall–Kier alpha value is -4.21. The summed E-state index contributed by atoms with van der Waals surface area (Å²) >= 11 is 0. The quantitative estimate of drug-likeness (QED) is 0.271. The number of aromatic nitrogens is 3. The number of H-pyrrole nitrogens is 2. The van der Waals surface area contributed by atoms with E-state index < -0.39 is 23.6 Å². The molecule has 0 aliphatic carbocycles. The number of carbonyl (C=O) groups excluding carboxylic acids is 3. The lowest BCUT2D eigenvalue weighted by Crippen LogP contribution is -2.49. The highest BCUT2D eigenvalue weighted by Gasteiger charge is 2.27. The Bertz CT molecular complexity index is 1100. The number of hydrogen-bond acceptors (Lipinski definition) is 6. The van der Waals surface area contributed by atoms with Crippen LogP contribution in [0.1, 0.15) is 5.56 Å². The molecule has 1 unspecified atom stereocenters. The number of rotatable bonds is 8. The smallest absolute Gasteiger partial charge is 0.287 e. The Morgan fingerprint density at radius 2 is 2.07 bits per heavy atom. The van der Waals surface area contributed by atoms with Crippen LogP contribution < -0.4 is 16.8 Å². The van der Waals surface area contributed by atoms with Crippen LogP contribution in [0.3, 0.4) is 0 Å². The van der Waals surface area contributed by atoms with Crippen LogP contribution in [0.5, 0.6) is 0 Å². The van der Waals surface area contributed by atoms with Gasteiger partial charge in [-0.25, -0.2) is 9.98 Å². The maximum atomic E-state index is 12.7. The largest absolute Gasteiger partial charge is 0.405 e. The van der Waals surface area contributed by atoms with Crippen molar-refractivity contribution in [2.75, 3.05) is 0 Å². The first kappa shape index (κ1) is 19.5. The summed E-state index contributed by atoms with van der Waals surface area (Å²) < 4.78 is 0. The van der Waals surface area contributed by atoms with Crippen molar-refractivity contribution in [1.29, 1.82) is 0 Å². The number of Topliss-reactive ketones (excluding diaryl/α,β-unsaturated/α-hetero) is 1. The molecule has 0 saturated heterocycles. The zero-order valence-electron chi connectivity index (χ0n) is 15.3. The number of nitrogens with zero attached hydrogens (tertiary/aromatic N) is 2. The van der Waals surface area contributed by atoms with Crippen molar-refractivity contribution >= 4 is 40.2 Å². The summed E-state index contributed by atoms with van der Waals surface area (Å²) in [5.74, 6) is -2.48. The highest BCUT2D eigenvalue weighted by Crippen LogP contribution is 2.18. The molecule has 29 heavy (non-hydrogen) atoms. The van der Waals surface area contributed by atoms with Gasteiger partial charge in [0.2, 0.25) is 5.78 Å². The van der Waals surface area contributed by atoms with E-state index in [1.165, 1.54) is 12.3 Å². The number of aromatic amines is 2. The van der Waals surface area contributed by atoms with E-state index in [9.17, 15) is 14.4 Å². The van der Waals surface area contributed by atoms with Gasteiger partial charge in [0.15, 0.2) is 5.82 Å². The molecule has 0 bridgehead atoms. The zero-order chi connectivity index (χ0) is 20.8. The molecule has 10 heteroatoms.